The zero-order valence-corrected chi connectivity index (χ0v) is 20.2. The van der Waals surface area contributed by atoms with Crippen LogP contribution in [0.1, 0.15) is 23.5 Å². The quantitative estimate of drug-likeness (QED) is 0.308. The minimum absolute atomic E-state index is 0.120. The molecule has 1 aliphatic rings. The third kappa shape index (κ3) is 3.80. The van der Waals surface area contributed by atoms with Crippen molar-refractivity contribution in [1.29, 1.82) is 0 Å². The van der Waals surface area contributed by atoms with Gasteiger partial charge in [0.15, 0.2) is 0 Å². The second-order valence-corrected chi connectivity index (χ2v) is 10.7. The maximum absolute atomic E-state index is 13.3. The number of amides is 1. The van der Waals surface area contributed by atoms with Gasteiger partial charge < -0.3 is 0 Å². The number of H-pyrrole nitrogens is 1. The number of aromatic nitrogens is 3. The first-order valence-corrected chi connectivity index (χ1v) is 12.5. The van der Waals surface area contributed by atoms with E-state index in [1.54, 1.807) is 9.58 Å². The molecule has 1 unspecified atom stereocenters. The summed E-state index contributed by atoms with van der Waals surface area (Å²) in [6.07, 6.45) is -0.549. The first-order chi connectivity index (χ1) is 15.5. The van der Waals surface area contributed by atoms with Gasteiger partial charge in [-0.3, -0.25) is 14.6 Å². The van der Waals surface area contributed by atoms with Crippen molar-refractivity contribution in [1.82, 2.24) is 10.1 Å². The van der Waals surface area contributed by atoms with Crippen LogP contribution in [0, 0.1) is 0 Å². The van der Waals surface area contributed by atoms with E-state index in [1.165, 1.54) is 30.0 Å². The Hall–Kier alpha value is -2.75. The van der Waals surface area contributed by atoms with E-state index in [1.807, 2.05) is 66.7 Å². The number of aromatic amines is 1. The highest BCUT2D eigenvalue weighted by Crippen LogP contribution is 2.39. The molecule has 0 radical (unpaired) electrons. The molecule has 1 atom stereocenters. The molecule has 1 N–H and O–H groups in total. The zero-order valence-electron chi connectivity index (χ0n) is 17.0. The Bertz CT molecular complexity index is 1370. The van der Waals surface area contributed by atoms with Crippen LogP contribution >= 0.6 is 39.0 Å². The number of benzene rings is 2. The Kier molecular flexibility index (Phi) is 5.71. The molecule has 0 spiro atoms. The number of halogens is 1. The molecule has 0 fully saturated rings. The number of fused-ring (bicyclic) bond motifs is 3. The molecule has 0 bridgehead atoms. The van der Waals surface area contributed by atoms with Crippen molar-refractivity contribution in [3.63, 3.8) is 0 Å². The topological polar surface area (TPSA) is 69.9 Å². The van der Waals surface area contributed by atoms with Crippen LogP contribution in [0.5, 0.6) is 0 Å². The Labute approximate surface area is 201 Å². The van der Waals surface area contributed by atoms with Gasteiger partial charge in [-0.25, -0.2) is 4.90 Å². The second-order valence-electron chi connectivity index (χ2n) is 7.25. The van der Waals surface area contributed by atoms with Gasteiger partial charge in [-0.1, -0.05) is 54.2 Å². The summed E-state index contributed by atoms with van der Waals surface area (Å²) < 4.78 is 2.63. The maximum atomic E-state index is 13.3. The number of hydrogen-bond acceptors (Lipinski definition) is 5. The average molecular weight is 526 g/mol. The molecule has 6 nitrogen and oxygen atoms in total. The highest BCUT2D eigenvalue weighted by atomic mass is 79.9. The molecule has 0 saturated carbocycles. The van der Waals surface area contributed by atoms with E-state index >= 15 is 0 Å². The number of carbonyl (C=O) groups is 1. The maximum Gasteiger partial charge on any atom is 0.325 e. The van der Waals surface area contributed by atoms with Crippen LogP contribution in [0.3, 0.4) is 0 Å². The van der Waals surface area contributed by atoms with Gasteiger partial charge in [0.1, 0.15) is 0 Å². The standard InChI is InChI=1S/C23H17BrN4O2S2/c1-14(29)27-17-10-6-5-9-16(17)20-21(30)25-23(31-13-15-7-3-2-4-8-15)26-28(20)22(27)18-11-12-19(24)32-18/h2-12,22H,13H2,1H3/p+1. The fourth-order valence-corrected chi connectivity index (χ4v) is 6.14. The third-order valence-corrected chi connectivity index (χ3v) is 7.76. The van der Waals surface area contributed by atoms with Crippen molar-refractivity contribution in [3.8, 4) is 11.3 Å². The van der Waals surface area contributed by atoms with Gasteiger partial charge in [0, 0.05) is 17.8 Å². The summed E-state index contributed by atoms with van der Waals surface area (Å²) in [5.41, 5.74) is 2.73. The first-order valence-electron chi connectivity index (χ1n) is 9.90. The van der Waals surface area contributed by atoms with E-state index in [2.05, 4.69) is 20.9 Å². The normalized spacial score (nSPS) is 14.7. The lowest BCUT2D eigenvalue weighted by atomic mass is 10.0. The Morgan fingerprint density at radius 3 is 2.62 bits per heavy atom. The molecule has 2 aromatic carbocycles. The summed E-state index contributed by atoms with van der Waals surface area (Å²) in [6.45, 7) is 1.54. The number of nitrogens with zero attached hydrogens (tertiary/aromatic N) is 3. The zero-order chi connectivity index (χ0) is 22.2. The summed E-state index contributed by atoms with van der Waals surface area (Å²) in [5, 5.41) is 5.31. The van der Waals surface area contributed by atoms with Crippen LogP contribution < -0.4 is 15.1 Å². The number of nitrogens with one attached hydrogen (secondary N) is 1. The molecule has 5 rings (SSSR count). The van der Waals surface area contributed by atoms with Gasteiger partial charge >= 0.3 is 17.4 Å². The smallest absolute Gasteiger partial charge is 0.291 e. The predicted octanol–water partition coefficient (Wildman–Crippen LogP) is 4.75. The number of anilines is 1. The van der Waals surface area contributed by atoms with Gasteiger partial charge in [0.25, 0.3) is 0 Å². The minimum Gasteiger partial charge on any atom is -0.291 e. The number of rotatable bonds is 4. The van der Waals surface area contributed by atoms with E-state index in [0.29, 0.717) is 27.9 Å². The number of para-hydroxylation sites is 1. The first kappa shape index (κ1) is 21.1. The summed E-state index contributed by atoms with van der Waals surface area (Å²) in [7, 11) is 0. The Morgan fingerprint density at radius 1 is 1.16 bits per heavy atom. The number of carbonyl (C=O) groups excluding carboxylic acids is 1. The Morgan fingerprint density at radius 2 is 1.91 bits per heavy atom. The van der Waals surface area contributed by atoms with Crippen molar-refractivity contribution in [2.45, 2.75) is 24.0 Å². The second kappa shape index (κ2) is 8.65. The lowest BCUT2D eigenvalue weighted by Crippen LogP contribution is -2.60. The highest BCUT2D eigenvalue weighted by molar-refractivity contribution is 9.11. The monoisotopic (exact) mass is 525 g/mol. The largest absolute Gasteiger partial charge is 0.325 e. The number of thiophene rings is 1. The van der Waals surface area contributed by atoms with Crippen LogP contribution in [0.2, 0.25) is 0 Å². The molecule has 1 amide bonds. The molecular formula is C23H18BrN4O2S2+. The lowest BCUT2D eigenvalue weighted by Gasteiger charge is -2.30. The molecular weight excluding hydrogens is 508 g/mol. The van der Waals surface area contributed by atoms with Crippen LogP contribution in [0.25, 0.3) is 11.3 Å². The summed E-state index contributed by atoms with van der Waals surface area (Å²) in [4.78, 5) is 31.7. The minimum atomic E-state index is -0.549. The molecule has 2 aromatic heterocycles. The van der Waals surface area contributed by atoms with Crippen molar-refractivity contribution in [3.05, 3.63) is 91.3 Å². The SMILES string of the molecule is CC(=O)N1c2ccccc2-c2c(=O)[nH]c(SCc3ccccc3)n[n+]2C1c1ccc(Br)s1. The van der Waals surface area contributed by atoms with Crippen LogP contribution in [0.15, 0.2) is 80.5 Å². The average Bonchev–Trinajstić information content (AvgIpc) is 3.22. The van der Waals surface area contributed by atoms with Crippen LogP contribution in [-0.2, 0) is 10.5 Å². The molecule has 32 heavy (non-hydrogen) atoms. The number of hydrogen-bond donors (Lipinski definition) is 1. The van der Waals surface area contributed by atoms with E-state index in [0.717, 1.165) is 14.2 Å². The van der Waals surface area contributed by atoms with Crippen molar-refractivity contribution < 1.29 is 9.48 Å². The highest BCUT2D eigenvalue weighted by Gasteiger charge is 2.45. The number of thioether (sulfide) groups is 1. The van der Waals surface area contributed by atoms with Gasteiger partial charge in [-0.15, -0.1) is 11.3 Å². The molecule has 4 aromatic rings. The van der Waals surface area contributed by atoms with Crippen molar-refractivity contribution in [2.24, 2.45) is 0 Å². The van der Waals surface area contributed by atoms with Gasteiger partial charge in [0.05, 0.1) is 19.9 Å². The fraction of sp³-hybridized carbons (Fsp3) is 0.130. The van der Waals surface area contributed by atoms with E-state index in [-0.39, 0.29) is 11.5 Å². The van der Waals surface area contributed by atoms with Crippen molar-refractivity contribution in [2.75, 3.05) is 4.90 Å². The summed E-state index contributed by atoms with van der Waals surface area (Å²) in [6, 6.07) is 21.4. The van der Waals surface area contributed by atoms with Gasteiger partial charge in [0.2, 0.25) is 11.1 Å². The van der Waals surface area contributed by atoms with Gasteiger partial charge in [-0.2, -0.15) is 0 Å². The molecule has 160 valence electrons. The molecule has 3 heterocycles. The fourth-order valence-electron chi connectivity index (χ4n) is 3.83. The Balaban J connectivity index is 1.68. The van der Waals surface area contributed by atoms with E-state index in [4.69, 9.17) is 5.10 Å². The summed E-state index contributed by atoms with van der Waals surface area (Å²) >= 11 is 6.50. The van der Waals surface area contributed by atoms with Crippen molar-refractivity contribution >= 4 is 50.6 Å². The van der Waals surface area contributed by atoms with Crippen LogP contribution in [-0.4, -0.2) is 16.0 Å². The lowest BCUT2D eigenvalue weighted by molar-refractivity contribution is -0.762. The van der Waals surface area contributed by atoms with E-state index in [9.17, 15) is 9.59 Å². The van der Waals surface area contributed by atoms with E-state index < -0.39 is 6.17 Å². The predicted molar refractivity (Wildman–Crippen MR) is 130 cm³/mol. The molecule has 1 aliphatic heterocycles. The van der Waals surface area contributed by atoms with Crippen LogP contribution in [0.4, 0.5) is 5.69 Å². The van der Waals surface area contributed by atoms with Gasteiger partial charge in [-0.05, 0) is 50.4 Å². The summed E-state index contributed by atoms with van der Waals surface area (Å²) in [5.74, 6) is 0.552. The molecule has 9 heteroatoms. The molecule has 0 aliphatic carbocycles. The third-order valence-electron chi connectivity index (χ3n) is 5.16. The molecule has 0 saturated heterocycles.